The van der Waals surface area contributed by atoms with Crippen LogP contribution in [0.5, 0.6) is 5.75 Å². The average molecular weight is 268 g/mol. The van der Waals surface area contributed by atoms with Crippen LogP contribution < -0.4 is 10.2 Å². The maximum Gasteiger partial charge on any atom is 0.514 e. The van der Waals surface area contributed by atoms with Crippen LogP contribution in [0, 0.1) is 5.82 Å². The van der Waals surface area contributed by atoms with E-state index in [2.05, 4.69) is 0 Å². The molecule has 0 spiro atoms. The lowest BCUT2D eigenvalue weighted by molar-refractivity contribution is 0.0204. The van der Waals surface area contributed by atoms with Crippen molar-refractivity contribution in [2.24, 2.45) is 0 Å². The van der Waals surface area contributed by atoms with Gasteiger partial charge in [0, 0.05) is 5.56 Å². The van der Waals surface area contributed by atoms with E-state index >= 15 is 0 Å². The molecule has 0 amide bonds. The molecule has 104 valence electrons. The molecule has 19 heavy (non-hydrogen) atoms. The summed E-state index contributed by atoms with van der Waals surface area (Å²) < 4.78 is 23.0. The Morgan fingerprint density at radius 1 is 1.32 bits per heavy atom. The molecule has 0 saturated heterocycles. The second kappa shape index (κ2) is 5.82. The molecule has 4 nitrogen and oxygen atoms in total. The van der Waals surface area contributed by atoms with Gasteiger partial charge in [0.25, 0.3) is 0 Å². The summed E-state index contributed by atoms with van der Waals surface area (Å²) in [7, 11) is 0. The highest BCUT2D eigenvalue weighted by molar-refractivity contribution is 5.64. The molecule has 0 aromatic heterocycles. The van der Waals surface area contributed by atoms with Gasteiger partial charge in [-0.15, -0.1) is 0 Å². The molecule has 0 unspecified atom stereocenters. The number of halogens is 1. The fourth-order valence-corrected chi connectivity index (χ4v) is 1.37. The van der Waals surface area contributed by atoms with Crippen molar-refractivity contribution < 1.29 is 18.7 Å². The quantitative estimate of drug-likeness (QED) is 0.773. The zero-order chi connectivity index (χ0) is 14.6. The highest BCUT2D eigenvalue weighted by Gasteiger charge is 2.19. The van der Waals surface area contributed by atoms with Crippen LogP contribution >= 0.6 is 0 Å². The normalized spacial score (nSPS) is 11.0. The molecule has 0 aliphatic carbocycles. The molecule has 0 atom stereocenters. The van der Waals surface area contributed by atoms with Crippen LogP contribution in [-0.4, -0.2) is 11.8 Å². The van der Waals surface area contributed by atoms with E-state index in [1.165, 1.54) is 0 Å². The Balaban J connectivity index is 3.06. The molecule has 1 aromatic carbocycles. The van der Waals surface area contributed by atoms with Gasteiger partial charge in [-0.1, -0.05) is 6.92 Å². The summed E-state index contributed by atoms with van der Waals surface area (Å²) in [5.74, 6) is -0.803. The van der Waals surface area contributed by atoms with E-state index in [1.807, 2.05) is 0 Å². The minimum Gasteiger partial charge on any atom is -0.428 e. The van der Waals surface area contributed by atoms with Crippen LogP contribution in [0.2, 0.25) is 0 Å². The molecule has 0 saturated carbocycles. The van der Waals surface area contributed by atoms with E-state index < -0.39 is 23.0 Å². The predicted molar refractivity (Wildman–Crippen MR) is 68.9 cm³/mol. The summed E-state index contributed by atoms with van der Waals surface area (Å²) >= 11 is 0. The maximum atomic E-state index is 13.3. The Bertz CT molecular complexity index is 532. The first kappa shape index (κ1) is 15.1. The molecular formula is C14H17FO4. The lowest BCUT2D eigenvalue weighted by Crippen LogP contribution is -2.27. The minimum atomic E-state index is -0.988. The Labute approximate surface area is 111 Å². The van der Waals surface area contributed by atoms with Gasteiger partial charge in [-0.2, -0.15) is 0 Å². The van der Waals surface area contributed by atoms with E-state index in [4.69, 9.17) is 9.47 Å². The van der Waals surface area contributed by atoms with Crippen molar-refractivity contribution in [3.8, 4) is 5.75 Å². The van der Waals surface area contributed by atoms with Gasteiger partial charge >= 0.3 is 6.16 Å². The second-order valence-corrected chi connectivity index (χ2v) is 5.00. The van der Waals surface area contributed by atoms with Crippen LogP contribution in [0.1, 0.15) is 33.3 Å². The van der Waals surface area contributed by atoms with Crippen LogP contribution in [0.15, 0.2) is 23.0 Å². The second-order valence-electron chi connectivity index (χ2n) is 5.00. The predicted octanol–water partition coefficient (Wildman–Crippen LogP) is 3.06. The molecule has 1 aromatic rings. The summed E-state index contributed by atoms with van der Waals surface area (Å²) in [5, 5.41) is 0. The van der Waals surface area contributed by atoms with Crippen molar-refractivity contribution in [3.63, 3.8) is 0 Å². The summed E-state index contributed by atoms with van der Waals surface area (Å²) in [5.41, 5.74) is -1.01. The third-order valence-corrected chi connectivity index (χ3v) is 2.19. The molecule has 0 fully saturated rings. The molecule has 0 radical (unpaired) electrons. The number of hydrogen-bond donors (Lipinski definition) is 0. The number of hydrogen-bond acceptors (Lipinski definition) is 4. The summed E-state index contributed by atoms with van der Waals surface area (Å²) in [6.45, 7) is 6.74. The topological polar surface area (TPSA) is 52.6 Å². The number of ether oxygens (including phenoxy) is 2. The first-order chi connectivity index (χ1) is 8.73. The fourth-order valence-electron chi connectivity index (χ4n) is 1.37. The smallest absolute Gasteiger partial charge is 0.428 e. The van der Waals surface area contributed by atoms with Crippen LogP contribution in [0.3, 0.4) is 0 Å². The maximum absolute atomic E-state index is 13.3. The highest BCUT2D eigenvalue weighted by atomic mass is 19.1. The first-order valence-electron chi connectivity index (χ1n) is 5.96. The third kappa shape index (κ3) is 4.69. The molecule has 5 heteroatoms. The van der Waals surface area contributed by atoms with Crippen LogP contribution in [0.25, 0.3) is 0 Å². The van der Waals surface area contributed by atoms with Gasteiger partial charge < -0.3 is 9.47 Å². The Morgan fingerprint density at radius 3 is 2.47 bits per heavy atom. The van der Waals surface area contributed by atoms with Crippen LogP contribution in [-0.2, 0) is 11.2 Å². The van der Waals surface area contributed by atoms with Gasteiger partial charge in [0.2, 0.25) is 5.43 Å². The van der Waals surface area contributed by atoms with E-state index in [0.29, 0.717) is 6.42 Å². The Hall–Kier alpha value is -1.91. The van der Waals surface area contributed by atoms with E-state index in [9.17, 15) is 14.0 Å². The number of aryl methyl sites for hydroxylation is 1. The van der Waals surface area contributed by atoms with Crippen molar-refractivity contribution in [1.29, 1.82) is 0 Å². The van der Waals surface area contributed by atoms with Crippen molar-refractivity contribution in [1.82, 2.24) is 0 Å². The van der Waals surface area contributed by atoms with Crippen molar-refractivity contribution in [3.05, 3.63) is 39.8 Å². The number of carbonyl (C=O) groups excluding carboxylic acids is 1. The first-order valence-corrected chi connectivity index (χ1v) is 5.96. The monoisotopic (exact) mass is 268 g/mol. The van der Waals surface area contributed by atoms with Gasteiger partial charge in [0.15, 0.2) is 5.75 Å². The molecule has 1 rings (SSSR count). The standard InChI is InChI=1S/C14H17FO4/c1-5-9-8-10(15)6-7-11(12(9)16)18-13(17)19-14(2,3)4/h6-8H,5H2,1-4H3. The Kier molecular flexibility index (Phi) is 4.64. The summed E-state index contributed by atoms with van der Waals surface area (Å²) in [6, 6.07) is 3.32. The molecule has 0 aliphatic heterocycles. The minimum absolute atomic E-state index is 0.237. The number of carbonyl (C=O) groups is 1. The zero-order valence-electron chi connectivity index (χ0n) is 11.5. The van der Waals surface area contributed by atoms with Gasteiger partial charge in [0.1, 0.15) is 11.4 Å². The van der Waals surface area contributed by atoms with E-state index in [0.717, 1.165) is 18.2 Å². The lowest BCUT2D eigenvalue weighted by Gasteiger charge is -2.18. The van der Waals surface area contributed by atoms with Crippen molar-refractivity contribution in [2.75, 3.05) is 0 Å². The number of rotatable bonds is 2. The molecule has 0 heterocycles. The molecule has 0 N–H and O–H groups in total. The zero-order valence-corrected chi connectivity index (χ0v) is 11.5. The van der Waals surface area contributed by atoms with Crippen LogP contribution in [0.4, 0.5) is 9.18 Å². The van der Waals surface area contributed by atoms with Gasteiger partial charge in [-0.3, -0.25) is 4.79 Å². The summed E-state index contributed by atoms with van der Waals surface area (Å²) in [6.07, 6.45) is -0.645. The highest BCUT2D eigenvalue weighted by Crippen LogP contribution is 2.12. The van der Waals surface area contributed by atoms with Gasteiger partial charge in [-0.25, -0.2) is 9.18 Å². The molecule has 0 aliphatic rings. The van der Waals surface area contributed by atoms with Crippen molar-refractivity contribution >= 4 is 6.16 Å². The van der Waals surface area contributed by atoms with Crippen molar-refractivity contribution in [2.45, 2.75) is 39.7 Å². The molecular weight excluding hydrogens is 251 g/mol. The van der Waals surface area contributed by atoms with Gasteiger partial charge in [0.05, 0.1) is 0 Å². The lowest BCUT2D eigenvalue weighted by atomic mass is 10.2. The van der Waals surface area contributed by atoms with E-state index in [-0.39, 0.29) is 11.3 Å². The largest absolute Gasteiger partial charge is 0.514 e. The molecule has 0 bridgehead atoms. The third-order valence-electron chi connectivity index (χ3n) is 2.19. The SMILES string of the molecule is CCc1cc(F)ccc(OC(=O)OC(C)(C)C)c1=O. The average Bonchev–Trinajstić information content (AvgIpc) is 2.39. The van der Waals surface area contributed by atoms with E-state index in [1.54, 1.807) is 27.7 Å². The van der Waals surface area contributed by atoms with Gasteiger partial charge in [-0.05, 0) is 45.4 Å². The fraction of sp³-hybridized carbons (Fsp3) is 0.429. The Morgan fingerprint density at radius 2 is 1.95 bits per heavy atom. The summed E-state index contributed by atoms with van der Waals surface area (Å²) in [4.78, 5) is 23.4.